The van der Waals surface area contributed by atoms with Gasteiger partial charge in [0.25, 0.3) is 5.91 Å². The van der Waals surface area contributed by atoms with Crippen LogP contribution in [0, 0.1) is 11.6 Å². The van der Waals surface area contributed by atoms with Crippen molar-refractivity contribution >= 4 is 40.0 Å². The number of anilines is 3. The van der Waals surface area contributed by atoms with Crippen LogP contribution in [0.2, 0.25) is 0 Å². The summed E-state index contributed by atoms with van der Waals surface area (Å²) >= 11 is 0. The summed E-state index contributed by atoms with van der Waals surface area (Å²) < 4.78 is 42.1. The molecule has 0 saturated carbocycles. The van der Waals surface area contributed by atoms with Crippen molar-refractivity contribution < 1.29 is 27.5 Å². The van der Waals surface area contributed by atoms with Gasteiger partial charge in [-0.15, -0.1) is 0 Å². The minimum absolute atomic E-state index is 0.0147. The van der Waals surface area contributed by atoms with E-state index < -0.39 is 23.4 Å². The van der Waals surface area contributed by atoms with Gasteiger partial charge in [0.2, 0.25) is 0 Å². The molecule has 1 aliphatic heterocycles. The number of rotatable bonds is 6. The Kier molecular flexibility index (Phi) is 7.90. The second-order valence-electron chi connectivity index (χ2n) is 10.3. The molecule has 1 aliphatic rings. The van der Waals surface area contributed by atoms with E-state index >= 15 is 8.78 Å². The zero-order chi connectivity index (χ0) is 30.8. The fourth-order valence-corrected chi connectivity index (χ4v) is 4.96. The molecule has 2 aromatic heterocycles. The summed E-state index contributed by atoms with van der Waals surface area (Å²) in [5.41, 5.74) is 1.19. The quantitative estimate of drug-likeness (QED) is 0.246. The van der Waals surface area contributed by atoms with Crippen LogP contribution in [0.3, 0.4) is 0 Å². The summed E-state index contributed by atoms with van der Waals surface area (Å²) in [5.74, 6) is -1.63. The highest BCUT2D eigenvalue weighted by molar-refractivity contribution is 6.06. The van der Waals surface area contributed by atoms with Crippen molar-refractivity contribution in [2.24, 2.45) is 0 Å². The molecule has 1 fully saturated rings. The number of nitrogens with zero attached hydrogens (tertiary/aromatic N) is 4. The number of morpholine rings is 1. The van der Waals surface area contributed by atoms with Crippen molar-refractivity contribution in [2.75, 3.05) is 55.9 Å². The number of amides is 3. The standard InChI is InChI=1S/C32H28F2N6O4/c1-39(2)31(41)21-6-3-4-7-23(21)36-32(42)37-24-12-11-22(27(33)28(24)34)29-35-25-18-19(26-8-5-15-44-26)9-10-20(25)30(38-29)40-13-16-43-17-14-40/h3-12,15,18H,13-14,16-17H2,1-2H3,(H2,36,37,42). The maximum atomic E-state index is 15.6. The first-order chi connectivity index (χ1) is 21.3. The average molecular weight is 599 g/mol. The average Bonchev–Trinajstić information content (AvgIpc) is 3.58. The molecule has 12 heteroatoms. The van der Waals surface area contributed by atoms with Crippen molar-refractivity contribution in [1.29, 1.82) is 0 Å². The molecular formula is C32H28F2N6O4. The zero-order valence-corrected chi connectivity index (χ0v) is 23.9. The number of hydrogen-bond acceptors (Lipinski definition) is 7. The van der Waals surface area contributed by atoms with Crippen LogP contribution >= 0.6 is 0 Å². The normalized spacial score (nSPS) is 13.1. The molecule has 0 bridgehead atoms. The number of carbonyl (C=O) groups excluding carboxylic acids is 2. The molecule has 0 atom stereocenters. The third kappa shape index (κ3) is 5.66. The number of ether oxygens (including phenoxy) is 1. The SMILES string of the molecule is CN(C)C(=O)c1ccccc1NC(=O)Nc1ccc(-c2nc(N3CCOCC3)c3ccc(-c4ccco4)cc3n2)c(F)c1F. The number of carbonyl (C=O) groups is 2. The van der Waals surface area contributed by atoms with Gasteiger partial charge in [-0.1, -0.05) is 18.2 Å². The minimum atomic E-state index is -1.28. The highest BCUT2D eigenvalue weighted by atomic mass is 19.2. The molecule has 0 spiro atoms. The number of para-hydroxylation sites is 1. The summed E-state index contributed by atoms with van der Waals surface area (Å²) in [7, 11) is 3.17. The van der Waals surface area contributed by atoms with E-state index in [-0.39, 0.29) is 28.5 Å². The van der Waals surface area contributed by atoms with Crippen LogP contribution in [0.4, 0.5) is 30.8 Å². The zero-order valence-electron chi connectivity index (χ0n) is 23.9. The Morgan fingerprint density at radius 1 is 0.886 bits per heavy atom. The molecule has 224 valence electrons. The highest BCUT2D eigenvalue weighted by Crippen LogP contribution is 2.34. The molecule has 2 N–H and O–H groups in total. The molecule has 3 amide bonds. The third-order valence-electron chi connectivity index (χ3n) is 7.18. The van der Waals surface area contributed by atoms with E-state index in [1.54, 1.807) is 44.6 Å². The van der Waals surface area contributed by atoms with Gasteiger partial charge in [-0.25, -0.2) is 23.5 Å². The second-order valence-corrected chi connectivity index (χ2v) is 10.3. The van der Waals surface area contributed by atoms with Crippen LogP contribution in [-0.2, 0) is 4.74 Å². The summed E-state index contributed by atoms with van der Waals surface area (Å²) in [6.07, 6.45) is 1.57. The van der Waals surface area contributed by atoms with E-state index in [4.69, 9.17) is 9.15 Å². The first-order valence-corrected chi connectivity index (χ1v) is 13.9. The molecule has 3 heterocycles. The molecule has 44 heavy (non-hydrogen) atoms. The Balaban J connectivity index is 1.33. The fraction of sp³-hybridized carbons (Fsp3) is 0.188. The first-order valence-electron chi connectivity index (χ1n) is 13.9. The number of urea groups is 1. The summed E-state index contributed by atoms with van der Waals surface area (Å²) in [6.45, 7) is 2.15. The summed E-state index contributed by atoms with van der Waals surface area (Å²) in [6, 6.07) is 17.3. The van der Waals surface area contributed by atoms with Crippen molar-refractivity contribution in [3.8, 4) is 22.7 Å². The van der Waals surface area contributed by atoms with Crippen molar-refractivity contribution in [3.05, 3.63) is 90.2 Å². The van der Waals surface area contributed by atoms with E-state index in [2.05, 4.69) is 20.6 Å². The van der Waals surface area contributed by atoms with Crippen LogP contribution in [0.15, 0.2) is 77.4 Å². The number of aromatic nitrogens is 2. The first kappa shape index (κ1) is 28.7. The van der Waals surface area contributed by atoms with Crippen LogP contribution in [0.1, 0.15) is 10.4 Å². The number of fused-ring (bicyclic) bond motifs is 1. The molecule has 3 aromatic carbocycles. The van der Waals surface area contributed by atoms with E-state index in [0.717, 1.165) is 10.9 Å². The lowest BCUT2D eigenvalue weighted by atomic mass is 10.1. The number of halogens is 2. The fourth-order valence-electron chi connectivity index (χ4n) is 4.96. The summed E-state index contributed by atoms with van der Waals surface area (Å²) in [5, 5.41) is 5.61. The van der Waals surface area contributed by atoms with Crippen LogP contribution in [0.5, 0.6) is 0 Å². The number of benzene rings is 3. The Bertz CT molecular complexity index is 1860. The Hall–Kier alpha value is -5.36. The lowest BCUT2D eigenvalue weighted by Crippen LogP contribution is -2.37. The smallest absolute Gasteiger partial charge is 0.323 e. The molecule has 0 unspecified atom stereocenters. The lowest BCUT2D eigenvalue weighted by molar-refractivity contribution is 0.0828. The van der Waals surface area contributed by atoms with Gasteiger partial charge in [-0.2, -0.15) is 0 Å². The highest BCUT2D eigenvalue weighted by Gasteiger charge is 2.23. The van der Waals surface area contributed by atoms with Gasteiger partial charge < -0.3 is 29.6 Å². The predicted octanol–water partition coefficient (Wildman–Crippen LogP) is 6.02. The molecular weight excluding hydrogens is 570 g/mol. The molecule has 10 nitrogen and oxygen atoms in total. The molecule has 0 aliphatic carbocycles. The van der Waals surface area contributed by atoms with Gasteiger partial charge in [-0.05, 0) is 48.5 Å². The topological polar surface area (TPSA) is 113 Å². The van der Waals surface area contributed by atoms with Crippen LogP contribution in [-0.4, -0.2) is 67.2 Å². The van der Waals surface area contributed by atoms with Gasteiger partial charge >= 0.3 is 6.03 Å². The van der Waals surface area contributed by atoms with Gasteiger partial charge in [0.15, 0.2) is 17.5 Å². The maximum absolute atomic E-state index is 15.6. The number of nitrogens with one attached hydrogen (secondary N) is 2. The Morgan fingerprint density at radius 3 is 2.41 bits per heavy atom. The lowest BCUT2D eigenvalue weighted by Gasteiger charge is -2.29. The van der Waals surface area contributed by atoms with E-state index in [9.17, 15) is 9.59 Å². The van der Waals surface area contributed by atoms with Crippen LogP contribution in [0.25, 0.3) is 33.6 Å². The number of furan rings is 1. The van der Waals surface area contributed by atoms with Gasteiger partial charge in [-0.3, -0.25) is 4.79 Å². The van der Waals surface area contributed by atoms with E-state index in [1.165, 1.54) is 23.1 Å². The second kappa shape index (κ2) is 12.1. The maximum Gasteiger partial charge on any atom is 0.323 e. The number of hydrogen-bond donors (Lipinski definition) is 2. The molecule has 0 radical (unpaired) electrons. The van der Waals surface area contributed by atoms with Crippen molar-refractivity contribution in [2.45, 2.75) is 0 Å². The summed E-state index contributed by atoms with van der Waals surface area (Å²) in [4.78, 5) is 37.9. The van der Waals surface area contributed by atoms with Crippen molar-refractivity contribution in [1.82, 2.24) is 14.9 Å². The van der Waals surface area contributed by atoms with Gasteiger partial charge in [0.1, 0.15) is 11.6 Å². The van der Waals surface area contributed by atoms with Gasteiger partial charge in [0.05, 0.1) is 47.5 Å². The van der Waals surface area contributed by atoms with E-state index in [0.29, 0.717) is 43.4 Å². The Labute approximate surface area is 251 Å². The predicted molar refractivity (Wildman–Crippen MR) is 163 cm³/mol. The van der Waals surface area contributed by atoms with Crippen LogP contribution < -0.4 is 15.5 Å². The van der Waals surface area contributed by atoms with Crippen molar-refractivity contribution in [3.63, 3.8) is 0 Å². The third-order valence-corrected chi connectivity index (χ3v) is 7.18. The molecule has 6 rings (SSSR count). The van der Waals surface area contributed by atoms with Gasteiger partial charge in [0, 0.05) is 38.1 Å². The molecule has 1 saturated heterocycles. The largest absolute Gasteiger partial charge is 0.464 e. The monoisotopic (exact) mass is 598 g/mol. The minimum Gasteiger partial charge on any atom is -0.464 e. The molecule has 5 aromatic rings. The Morgan fingerprint density at radius 2 is 1.66 bits per heavy atom. The van der Waals surface area contributed by atoms with E-state index in [1.807, 2.05) is 29.2 Å².